The van der Waals surface area contributed by atoms with E-state index in [1.54, 1.807) is 0 Å². The van der Waals surface area contributed by atoms with Crippen molar-refractivity contribution in [1.29, 1.82) is 0 Å². The number of hydrogen-bond donors (Lipinski definition) is 1. The normalized spacial score (nSPS) is 10.7. The van der Waals surface area contributed by atoms with Gasteiger partial charge in [-0.15, -0.1) is 0 Å². The van der Waals surface area contributed by atoms with Gasteiger partial charge >= 0.3 is 0 Å². The van der Waals surface area contributed by atoms with Crippen molar-refractivity contribution < 1.29 is 4.79 Å². The Balaban J connectivity index is 2.72. The quantitative estimate of drug-likeness (QED) is 0.589. The number of hydrogen-bond acceptors (Lipinski definition) is 2. The summed E-state index contributed by atoms with van der Waals surface area (Å²) in [7, 11) is 1.94. The molecule has 0 aliphatic carbocycles. The molecule has 0 spiro atoms. The Morgan fingerprint density at radius 2 is 2.14 bits per heavy atom. The van der Waals surface area contributed by atoms with Crippen molar-refractivity contribution in [3.05, 3.63) is 36.0 Å². The predicted octanol–water partition coefficient (Wildman–Crippen LogP) is 2.29. The Hall–Kier alpha value is -1.22. The summed E-state index contributed by atoms with van der Waals surface area (Å²) in [4.78, 5) is 11.6. The first-order valence-electron chi connectivity index (χ1n) is 4.42. The second-order valence-electron chi connectivity index (χ2n) is 3.25. The summed E-state index contributed by atoms with van der Waals surface area (Å²) < 4.78 is 1.96. The lowest BCUT2D eigenvalue weighted by Gasteiger charge is -1.94. The van der Waals surface area contributed by atoms with E-state index in [0.717, 1.165) is 16.5 Å². The number of aryl methyl sites for hydroxylation is 1. The number of fused-ring (bicyclic) bond motifs is 1. The van der Waals surface area contributed by atoms with Gasteiger partial charge in [0.25, 0.3) is 0 Å². The largest absolute Gasteiger partial charge is 0.350 e. The lowest BCUT2D eigenvalue weighted by Crippen LogP contribution is -1.98. The number of nitrogens with zero attached hydrogens (tertiary/aromatic N) is 1. The average molecular weight is 205 g/mol. The summed E-state index contributed by atoms with van der Waals surface area (Å²) in [6.07, 6.45) is 1.86. The molecular weight excluding hydrogens is 194 g/mol. The maximum absolute atomic E-state index is 11.6. The molecule has 0 unspecified atom stereocenters. The number of thiol groups is 1. The summed E-state index contributed by atoms with van der Waals surface area (Å²) in [5.41, 5.74) is 1.84. The number of ketones is 1. The molecule has 0 fully saturated rings. The fourth-order valence-corrected chi connectivity index (χ4v) is 1.82. The van der Waals surface area contributed by atoms with Gasteiger partial charge in [0.15, 0.2) is 5.78 Å². The molecule has 2 nitrogen and oxygen atoms in total. The molecule has 0 atom stereocenters. The van der Waals surface area contributed by atoms with E-state index in [0.29, 0.717) is 0 Å². The number of Topliss-reactive ketones (excluding diaryl/α,β-unsaturated/α-hetero) is 1. The molecule has 0 radical (unpaired) electrons. The van der Waals surface area contributed by atoms with Crippen LogP contribution < -0.4 is 0 Å². The third-order valence-electron chi connectivity index (χ3n) is 2.34. The van der Waals surface area contributed by atoms with Gasteiger partial charge < -0.3 is 4.57 Å². The first-order valence-corrected chi connectivity index (χ1v) is 5.05. The molecule has 2 rings (SSSR count). The van der Waals surface area contributed by atoms with Crippen molar-refractivity contribution in [2.45, 2.75) is 0 Å². The number of carbonyl (C=O) groups is 1. The molecule has 1 heterocycles. The highest BCUT2D eigenvalue weighted by atomic mass is 32.1. The van der Waals surface area contributed by atoms with Gasteiger partial charge in [0.05, 0.1) is 5.75 Å². The third-order valence-corrected chi connectivity index (χ3v) is 2.63. The number of aromatic nitrogens is 1. The van der Waals surface area contributed by atoms with Crippen LogP contribution in [0.2, 0.25) is 0 Å². The zero-order valence-electron chi connectivity index (χ0n) is 7.90. The Morgan fingerprint density at radius 3 is 2.86 bits per heavy atom. The first-order chi connectivity index (χ1) is 6.74. The van der Waals surface area contributed by atoms with Crippen molar-refractivity contribution >= 4 is 29.3 Å². The van der Waals surface area contributed by atoms with E-state index in [-0.39, 0.29) is 11.5 Å². The van der Waals surface area contributed by atoms with Crippen molar-refractivity contribution in [2.75, 3.05) is 5.75 Å². The Labute approximate surface area is 87.9 Å². The number of benzene rings is 1. The van der Waals surface area contributed by atoms with Gasteiger partial charge in [-0.3, -0.25) is 4.79 Å². The minimum Gasteiger partial charge on any atom is -0.350 e. The molecular formula is C11H11NOS. The highest BCUT2D eigenvalue weighted by molar-refractivity contribution is 7.81. The van der Waals surface area contributed by atoms with Crippen LogP contribution in [0.3, 0.4) is 0 Å². The van der Waals surface area contributed by atoms with Gasteiger partial charge in [-0.2, -0.15) is 12.6 Å². The summed E-state index contributed by atoms with van der Waals surface area (Å²) >= 11 is 4.00. The van der Waals surface area contributed by atoms with Gasteiger partial charge in [-0.05, 0) is 6.07 Å². The maximum atomic E-state index is 11.6. The van der Waals surface area contributed by atoms with E-state index in [4.69, 9.17) is 0 Å². The predicted molar refractivity (Wildman–Crippen MR) is 61.1 cm³/mol. The van der Waals surface area contributed by atoms with Crippen LogP contribution in [-0.4, -0.2) is 16.1 Å². The van der Waals surface area contributed by atoms with Crippen LogP contribution >= 0.6 is 12.6 Å². The van der Waals surface area contributed by atoms with Crippen molar-refractivity contribution in [2.24, 2.45) is 7.05 Å². The van der Waals surface area contributed by atoms with Gasteiger partial charge in [0, 0.05) is 29.7 Å². The molecule has 0 saturated heterocycles. The number of carbonyl (C=O) groups excluding carboxylic acids is 1. The van der Waals surface area contributed by atoms with Crippen LogP contribution in [0.5, 0.6) is 0 Å². The number of rotatable bonds is 2. The molecule has 0 amide bonds. The minimum atomic E-state index is 0.0742. The molecule has 3 heteroatoms. The van der Waals surface area contributed by atoms with Gasteiger partial charge in [-0.25, -0.2) is 0 Å². The molecule has 0 aliphatic rings. The fourth-order valence-electron chi connectivity index (χ4n) is 1.65. The molecule has 0 saturated carbocycles. The Bertz CT molecular complexity index is 487. The third kappa shape index (κ3) is 1.34. The van der Waals surface area contributed by atoms with Crippen LogP contribution in [0.25, 0.3) is 10.9 Å². The van der Waals surface area contributed by atoms with Crippen molar-refractivity contribution in [3.63, 3.8) is 0 Å². The minimum absolute atomic E-state index is 0.0742. The lowest BCUT2D eigenvalue weighted by molar-refractivity contribution is 0.102. The van der Waals surface area contributed by atoms with E-state index in [9.17, 15) is 4.79 Å². The molecule has 0 aliphatic heterocycles. The smallest absolute Gasteiger partial charge is 0.174 e. The van der Waals surface area contributed by atoms with Crippen LogP contribution in [0.4, 0.5) is 0 Å². The van der Waals surface area contributed by atoms with E-state index in [1.165, 1.54) is 0 Å². The SMILES string of the molecule is Cn1cc(C(=O)CS)c2ccccc21. The van der Waals surface area contributed by atoms with Gasteiger partial charge in [-0.1, -0.05) is 18.2 Å². The second kappa shape index (κ2) is 3.50. The summed E-state index contributed by atoms with van der Waals surface area (Å²) in [6.45, 7) is 0. The molecule has 1 aromatic carbocycles. The lowest BCUT2D eigenvalue weighted by atomic mass is 10.1. The highest BCUT2D eigenvalue weighted by Gasteiger charge is 2.11. The first kappa shape index (κ1) is 9.34. The highest BCUT2D eigenvalue weighted by Crippen LogP contribution is 2.20. The van der Waals surface area contributed by atoms with E-state index >= 15 is 0 Å². The Morgan fingerprint density at radius 1 is 1.43 bits per heavy atom. The van der Waals surface area contributed by atoms with Crippen molar-refractivity contribution in [1.82, 2.24) is 4.57 Å². The van der Waals surface area contributed by atoms with Crippen LogP contribution in [0.1, 0.15) is 10.4 Å². The van der Waals surface area contributed by atoms with Crippen LogP contribution in [-0.2, 0) is 7.05 Å². The molecule has 2 aromatic rings. The zero-order chi connectivity index (χ0) is 10.1. The van der Waals surface area contributed by atoms with Gasteiger partial charge in [0.1, 0.15) is 0 Å². The number of para-hydroxylation sites is 1. The van der Waals surface area contributed by atoms with Crippen molar-refractivity contribution in [3.8, 4) is 0 Å². The Kier molecular flexibility index (Phi) is 2.33. The van der Waals surface area contributed by atoms with Crippen LogP contribution in [0, 0.1) is 0 Å². The fraction of sp³-hybridized carbons (Fsp3) is 0.182. The molecule has 14 heavy (non-hydrogen) atoms. The summed E-state index contributed by atoms with van der Waals surface area (Å²) in [5.74, 6) is 0.332. The average Bonchev–Trinajstić information content (AvgIpc) is 2.56. The second-order valence-corrected chi connectivity index (χ2v) is 3.57. The van der Waals surface area contributed by atoms with Crippen LogP contribution in [0.15, 0.2) is 30.5 Å². The molecule has 0 bridgehead atoms. The van der Waals surface area contributed by atoms with E-state index in [1.807, 2.05) is 42.1 Å². The van der Waals surface area contributed by atoms with E-state index < -0.39 is 0 Å². The molecule has 0 N–H and O–H groups in total. The summed E-state index contributed by atoms with van der Waals surface area (Å²) in [6, 6.07) is 7.88. The van der Waals surface area contributed by atoms with Gasteiger partial charge in [0.2, 0.25) is 0 Å². The summed E-state index contributed by atoms with van der Waals surface area (Å²) in [5, 5.41) is 1.01. The monoisotopic (exact) mass is 205 g/mol. The topological polar surface area (TPSA) is 22.0 Å². The van der Waals surface area contributed by atoms with E-state index in [2.05, 4.69) is 12.6 Å². The zero-order valence-corrected chi connectivity index (χ0v) is 8.79. The maximum Gasteiger partial charge on any atom is 0.174 e. The molecule has 72 valence electrons. The standard InChI is InChI=1S/C11H11NOS/c1-12-6-9(11(13)7-14)8-4-2-3-5-10(8)12/h2-6,14H,7H2,1H3. The molecule has 1 aromatic heterocycles.